The SMILES string of the molecule is C=CCN(Cc1ccccc1)C(=O)[C@@H]1[C@@H]2CC(C)C3(S2)C(C(=O)N(CC=C)c2ccc4ccccc4c2)N([C@@H](CO)C(C)C)C(=O)[C@H]13. The van der Waals surface area contributed by atoms with Crippen molar-refractivity contribution in [3.05, 3.63) is 104 Å². The first-order chi connectivity index (χ1) is 22.7. The fourth-order valence-electron chi connectivity index (χ4n) is 8.35. The summed E-state index contributed by atoms with van der Waals surface area (Å²) in [7, 11) is 0. The van der Waals surface area contributed by atoms with E-state index >= 15 is 4.79 Å². The molecular formula is C39H45N3O4S. The van der Waals surface area contributed by atoms with E-state index in [0.29, 0.717) is 13.1 Å². The number of hydrogen-bond donors (Lipinski definition) is 1. The maximum absolute atomic E-state index is 15.2. The number of hydrogen-bond acceptors (Lipinski definition) is 5. The topological polar surface area (TPSA) is 81.2 Å². The lowest BCUT2D eigenvalue weighted by Crippen LogP contribution is -2.60. The van der Waals surface area contributed by atoms with Gasteiger partial charge in [-0.05, 0) is 46.7 Å². The highest BCUT2D eigenvalue weighted by Gasteiger charge is 2.77. The van der Waals surface area contributed by atoms with Crippen LogP contribution >= 0.6 is 11.8 Å². The van der Waals surface area contributed by atoms with E-state index in [4.69, 9.17) is 0 Å². The van der Waals surface area contributed by atoms with Crippen LogP contribution in [0.15, 0.2) is 98.1 Å². The molecule has 0 radical (unpaired) electrons. The number of carbonyl (C=O) groups excluding carboxylic acids is 3. The van der Waals surface area contributed by atoms with Crippen LogP contribution in [-0.2, 0) is 20.9 Å². The van der Waals surface area contributed by atoms with Crippen molar-refractivity contribution in [3.8, 4) is 0 Å². The molecule has 3 unspecified atom stereocenters. The van der Waals surface area contributed by atoms with Crippen LogP contribution < -0.4 is 4.90 Å². The van der Waals surface area contributed by atoms with Crippen molar-refractivity contribution in [2.24, 2.45) is 23.7 Å². The lowest BCUT2D eigenvalue weighted by atomic mass is 9.65. The van der Waals surface area contributed by atoms with Crippen molar-refractivity contribution in [2.75, 3.05) is 24.6 Å². The molecule has 3 saturated heterocycles. The van der Waals surface area contributed by atoms with Crippen LogP contribution in [0, 0.1) is 23.7 Å². The van der Waals surface area contributed by atoms with Crippen LogP contribution in [0.25, 0.3) is 10.8 Å². The molecule has 6 rings (SSSR count). The quantitative estimate of drug-likeness (QED) is 0.246. The van der Waals surface area contributed by atoms with Gasteiger partial charge in [0.2, 0.25) is 11.8 Å². The number of amides is 3. The molecule has 8 heteroatoms. The van der Waals surface area contributed by atoms with Gasteiger partial charge in [0, 0.05) is 30.6 Å². The first-order valence-corrected chi connectivity index (χ1v) is 17.5. The summed E-state index contributed by atoms with van der Waals surface area (Å²) in [5.74, 6) is -1.83. The third kappa shape index (κ3) is 5.49. The minimum atomic E-state index is -0.851. The lowest BCUT2D eigenvalue weighted by Gasteiger charge is -2.43. The Morgan fingerprint density at radius 3 is 2.34 bits per heavy atom. The van der Waals surface area contributed by atoms with E-state index in [1.165, 1.54) is 0 Å². The summed E-state index contributed by atoms with van der Waals surface area (Å²) in [4.78, 5) is 49.9. The van der Waals surface area contributed by atoms with E-state index in [-0.39, 0.29) is 48.0 Å². The monoisotopic (exact) mass is 651 g/mol. The van der Waals surface area contributed by atoms with E-state index in [2.05, 4.69) is 20.1 Å². The number of likely N-dealkylation sites (tertiary alicyclic amines) is 1. The van der Waals surface area contributed by atoms with Gasteiger partial charge in [0.25, 0.3) is 5.91 Å². The summed E-state index contributed by atoms with van der Waals surface area (Å²) >= 11 is 1.66. The molecule has 1 spiro atoms. The zero-order valence-corrected chi connectivity index (χ0v) is 28.3. The first-order valence-electron chi connectivity index (χ1n) is 16.6. The molecule has 3 heterocycles. The zero-order chi connectivity index (χ0) is 33.5. The number of fused-ring (bicyclic) bond motifs is 2. The van der Waals surface area contributed by atoms with Crippen LogP contribution in [0.4, 0.5) is 5.69 Å². The minimum Gasteiger partial charge on any atom is -0.394 e. The Bertz CT molecular complexity index is 1680. The normalized spacial score (nSPS) is 26.8. The highest BCUT2D eigenvalue weighted by Crippen LogP contribution is 2.69. The van der Waals surface area contributed by atoms with E-state index in [1.807, 2.05) is 86.6 Å². The molecule has 3 fully saturated rings. The van der Waals surface area contributed by atoms with E-state index in [9.17, 15) is 14.7 Å². The average molecular weight is 652 g/mol. The molecule has 2 bridgehead atoms. The number of aliphatic hydroxyl groups is 1. The molecule has 3 aliphatic heterocycles. The summed E-state index contributed by atoms with van der Waals surface area (Å²) in [6.45, 7) is 14.7. The number of thioether (sulfide) groups is 1. The molecule has 3 aromatic carbocycles. The third-order valence-electron chi connectivity index (χ3n) is 10.5. The summed E-state index contributed by atoms with van der Waals surface area (Å²) in [5, 5.41) is 12.7. The number of rotatable bonds is 12. The van der Waals surface area contributed by atoms with Crippen LogP contribution in [0.1, 0.15) is 32.8 Å². The molecule has 7 atom stereocenters. The first kappa shape index (κ1) is 33.0. The fraction of sp³-hybridized carbons (Fsp3) is 0.410. The summed E-state index contributed by atoms with van der Waals surface area (Å²) in [6.07, 6.45) is 4.17. The van der Waals surface area contributed by atoms with Crippen LogP contribution in [-0.4, -0.2) is 74.4 Å². The van der Waals surface area contributed by atoms with Gasteiger partial charge in [-0.15, -0.1) is 24.9 Å². The highest BCUT2D eigenvalue weighted by molar-refractivity contribution is 8.02. The predicted octanol–water partition coefficient (Wildman–Crippen LogP) is 5.93. The second kappa shape index (κ2) is 13.3. The van der Waals surface area contributed by atoms with E-state index < -0.39 is 28.7 Å². The molecule has 3 amide bonds. The molecule has 3 aromatic rings. The number of aliphatic hydroxyl groups excluding tert-OH is 1. The van der Waals surface area contributed by atoms with Gasteiger partial charge < -0.3 is 19.8 Å². The predicted molar refractivity (Wildman–Crippen MR) is 190 cm³/mol. The molecule has 246 valence electrons. The van der Waals surface area contributed by atoms with Crippen LogP contribution in [0.3, 0.4) is 0 Å². The number of benzene rings is 3. The van der Waals surface area contributed by atoms with Gasteiger partial charge in [-0.3, -0.25) is 14.4 Å². The summed E-state index contributed by atoms with van der Waals surface area (Å²) in [5.41, 5.74) is 1.73. The molecule has 0 saturated carbocycles. The Morgan fingerprint density at radius 2 is 1.68 bits per heavy atom. The number of carbonyl (C=O) groups is 3. The van der Waals surface area contributed by atoms with Gasteiger partial charge in [-0.2, -0.15) is 0 Å². The number of anilines is 1. The Morgan fingerprint density at radius 1 is 1.00 bits per heavy atom. The molecule has 47 heavy (non-hydrogen) atoms. The van der Waals surface area contributed by atoms with E-state index in [1.54, 1.807) is 38.6 Å². The van der Waals surface area contributed by atoms with Crippen LogP contribution in [0.2, 0.25) is 0 Å². The van der Waals surface area contributed by atoms with Gasteiger partial charge in [0.1, 0.15) is 6.04 Å². The molecule has 7 nitrogen and oxygen atoms in total. The fourth-order valence-corrected chi connectivity index (χ4v) is 10.7. The largest absolute Gasteiger partial charge is 0.394 e. The van der Waals surface area contributed by atoms with Gasteiger partial charge in [-0.1, -0.05) is 93.6 Å². The van der Waals surface area contributed by atoms with Crippen molar-refractivity contribution in [2.45, 2.75) is 55.8 Å². The van der Waals surface area contributed by atoms with Crippen molar-refractivity contribution in [3.63, 3.8) is 0 Å². The third-order valence-corrected chi connectivity index (χ3v) is 12.6. The second-order valence-corrected chi connectivity index (χ2v) is 15.1. The van der Waals surface area contributed by atoms with Crippen LogP contribution in [0.5, 0.6) is 0 Å². The van der Waals surface area contributed by atoms with E-state index in [0.717, 1.165) is 28.4 Å². The van der Waals surface area contributed by atoms with Gasteiger partial charge >= 0.3 is 0 Å². The Kier molecular flexibility index (Phi) is 9.36. The standard InChI is InChI=1S/C39H45N3O4S/c1-6-19-40(23-27-13-9-8-10-14-27)36(44)33-32-21-26(5)39(47-32)34(33)37(45)42(31(24-43)25(3)4)35(39)38(46)41(20-7-2)30-18-17-28-15-11-12-16-29(28)22-30/h6-18,22,25-26,31-35,43H,1-2,19-21,23-24H2,3-5H3/t26?,31-,32-,33+,34-,35?,39?/m0/s1. The average Bonchev–Trinajstić information content (AvgIpc) is 3.67. The molecule has 0 aliphatic carbocycles. The Balaban J connectivity index is 1.44. The lowest BCUT2D eigenvalue weighted by molar-refractivity contribution is -0.146. The maximum Gasteiger partial charge on any atom is 0.251 e. The minimum absolute atomic E-state index is 0.00474. The van der Waals surface area contributed by atoms with Gasteiger partial charge in [0.15, 0.2) is 0 Å². The molecular weight excluding hydrogens is 607 g/mol. The van der Waals surface area contributed by atoms with Crippen molar-refractivity contribution < 1.29 is 19.5 Å². The van der Waals surface area contributed by atoms with Crippen molar-refractivity contribution in [1.29, 1.82) is 0 Å². The Hall–Kier alpha value is -3.88. The highest BCUT2D eigenvalue weighted by atomic mass is 32.2. The molecule has 3 aliphatic rings. The summed E-state index contributed by atoms with van der Waals surface area (Å²) < 4.78 is -0.815. The second-order valence-electron chi connectivity index (χ2n) is 13.6. The smallest absolute Gasteiger partial charge is 0.251 e. The van der Waals surface area contributed by atoms with Crippen molar-refractivity contribution >= 4 is 45.9 Å². The molecule has 1 N–H and O–H groups in total. The van der Waals surface area contributed by atoms with Gasteiger partial charge in [0.05, 0.1) is 29.2 Å². The number of nitrogens with zero attached hydrogens (tertiary/aromatic N) is 3. The Labute approximate surface area is 282 Å². The maximum atomic E-state index is 15.2. The van der Waals surface area contributed by atoms with Crippen molar-refractivity contribution in [1.82, 2.24) is 9.80 Å². The summed E-state index contributed by atoms with van der Waals surface area (Å²) in [6, 6.07) is 22.4. The molecule has 0 aromatic heterocycles. The zero-order valence-electron chi connectivity index (χ0n) is 27.5. The van der Waals surface area contributed by atoms with Gasteiger partial charge in [-0.25, -0.2) is 0 Å².